The number of nitrogens with zero attached hydrogens (tertiary/aromatic N) is 1. The van der Waals surface area contributed by atoms with Crippen molar-refractivity contribution in [3.63, 3.8) is 0 Å². The summed E-state index contributed by atoms with van der Waals surface area (Å²) in [5.41, 5.74) is 0. The first-order chi connectivity index (χ1) is 7.08. The Kier molecular flexibility index (Phi) is 4.94. The topological polar surface area (TPSA) is 62.6 Å². The molecule has 0 saturated heterocycles. The highest BCUT2D eigenvalue weighted by atomic mass is 32.2. The van der Waals surface area contributed by atoms with Crippen LogP contribution in [-0.4, -0.2) is 28.1 Å². The molecule has 0 aliphatic rings. The SMILES string of the molecule is CC(C)CSc1ccc(OB(O)O)cn1. The molecule has 1 rings (SSSR count). The summed E-state index contributed by atoms with van der Waals surface area (Å²) in [4.78, 5) is 4.12. The van der Waals surface area contributed by atoms with E-state index >= 15 is 0 Å². The predicted molar refractivity (Wildman–Crippen MR) is 60.6 cm³/mol. The quantitative estimate of drug-likeness (QED) is 0.584. The van der Waals surface area contributed by atoms with Gasteiger partial charge in [-0.25, -0.2) is 4.98 Å². The lowest BCUT2D eigenvalue weighted by molar-refractivity contribution is 0.287. The average Bonchev–Trinajstić information content (AvgIpc) is 2.16. The number of hydrogen-bond acceptors (Lipinski definition) is 5. The van der Waals surface area contributed by atoms with Crippen molar-refractivity contribution in [1.82, 2.24) is 4.98 Å². The molecule has 2 N–H and O–H groups in total. The standard InChI is InChI=1S/C9H14BNO3S/c1-7(2)6-15-9-4-3-8(5-11-9)14-10(12)13/h3-5,7,12-13H,6H2,1-2H3. The van der Waals surface area contributed by atoms with Gasteiger partial charge >= 0.3 is 7.32 Å². The van der Waals surface area contributed by atoms with Crippen molar-refractivity contribution >= 4 is 19.1 Å². The maximum atomic E-state index is 8.55. The van der Waals surface area contributed by atoms with Gasteiger partial charge in [0.2, 0.25) is 0 Å². The Balaban J connectivity index is 2.49. The highest BCUT2D eigenvalue weighted by Gasteiger charge is 2.11. The molecule has 1 heterocycles. The fraction of sp³-hybridized carbons (Fsp3) is 0.444. The van der Waals surface area contributed by atoms with Crippen molar-refractivity contribution in [2.24, 2.45) is 5.92 Å². The fourth-order valence-electron chi connectivity index (χ4n) is 0.896. The van der Waals surface area contributed by atoms with E-state index < -0.39 is 7.32 Å². The molecule has 0 atom stereocenters. The van der Waals surface area contributed by atoms with Gasteiger partial charge in [-0.1, -0.05) is 13.8 Å². The number of rotatable bonds is 5. The van der Waals surface area contributed by atoms with E-state index in [1.165, 1.54) is 6.20 Å². The maximum absolute atomic E-state index is 8.55. The summed E-state index contributed by atoms with van der Waals surface area (Å²) >= 11 is 1.66. The van der Waals surface area contributed by atoms with Crippen molar-refractivity contribution < 1.29 is 14.7 Å². The lowest BCUT2D eigenvalue weighted by Gasteiger charge is -2.06. The van der Waals surface area contributed by atoms with E-state index in [2.05, 4.69) is 23.5 Å². The molecule has 4 nitrogen and oxygen atoms in total. The van der Waals surface area contributed by atoms with Gasteiger partial charge in [0.1, 0.15) is 5.75 Å². The van der Waals surface area contributed by atoms with Gasteiger partial charge in [0.25, 0.3) is 0 Å². The number of aromatic nitrogens is 1. The molecule has 0 aliphatic carbocycles. The Bertz CT molecular complexity index is 292. The summed E-state index contributed by atoms with van der Waals surface area (Å²) in [5.74, 6) is 1.97. The normalized spacial score (nSPS) is 10.5. The summed E-state index contributed by atoms with van der Waals surface area (Å²) in [6.07, 6.45) is 1.47. The second-order valence-corrected chi connectivity index (χ2v) is 4.52. The number of pyridine rings is 1. The Labute approximate surface area is 93.9 Å². The van der Waals surface area contributed by atoms with E-state index in [1.807, 2.05) is 0 Å². The minimum atomic E-state index is -1.79. The first kappa shape index (κ1) is 12.4. The van der Waals surface area contributed by atoms with Crippen LogP contribution in [0.15, 0.2) is 23.4 Å². The van der Waals surface area contributed by atoms with Crippen LogP contribution in [0.3, 0.4) is 0 Å². The van der Waals surface area contributed by atoms with Crippen molar-refractivity contribution in [2.45, 2.75) is 18.9 Å². The minimum absolute atomic E-state index is 0.346. The molecule has 15 heavy (non-hydrogen) atoms. The predicted octanol–water partition coefficient (Wildman–Crippen LogP) is 1.18. The first-order valence-electron chi connectivity index (χ1n) is 4.69. The van der Waals surface area contributed by atoms with Crippen LogP contribution in [-0.2, 0) is 0 Å². The van der Waals surface area contributed by atoms with Gasteiger partial charge in [-0.15, -0.1) is 11.8 Å². The molecule has 0 unspecified atom stereocenters. The van der Waals surface area contributed by atoms with Crippen molar-refractivity contribution in [2.75, 3.05) is 5.75 Å². The average molecular weight is 227 g/mol. The zero-order valence-corrected chi connectivity index (χ0v) is 9.57. The Morgan fingerprint density at radius 2 is 2.20 bits per heavy atom. The summed E-state index contributed by atoms with van der Waals surface area (Å²) < 4.78 is 4.63. The molecule has 0 aliphatic heterocycles. The largest absolute Gasteiger partial charge is 0.707 e. The molecule has 0 fully saturated rings. The van der Waals surface area contributed by atoms with Crippen LogP contribution in [0.1, 0.15) is 13.8 Å². The van der Waals surface area contributed by atoms with E-state index in [9.17, 15) is 0 Å². The van der Waals surface area contributed by atoms with Gasteiger partial charge in [0.15, 0.2) is 0 Å². The molecular weight excluding hydrogens is 213 g/mol. The molecule has 0 bridgehead atoms. The molecule has 1 aromatic rings. The lowest BCUT2D eigenvalue weighted by Crippen LogP contribution is -2.20. The van der Waals surface area contributed by atoms with Crippen LogP contribution >= 0.6 is 11.8 Å². The van der Waals surface area contributed by atoms with E-state index in [0.29, 0.717) is 11.7 Å². The summed E-state index contributed by atoms with van der Waals surface area (Å²) in [7, 11) is -1.79. The third kappa shape index (κ3) is 5.06. The van der Waals surface area contributed by atoms with Gasteiger partial charge < -0.3 is 14.7 Å². The smallest absolute Gasteiger partial charge is 0.511 e. The summed E-state index contributed by atoms with van der Waals surface area (Å²) in [5, 5.41) is 18.0. The number of hydrogen-bond donors (Lipinski definition) is 2. The van der Waals surface area contributed by atoms with Crippen LogP contribution in [0.2, 0.25) is 0 Å². The van der Waals surface area contributed by atoms with Crippen LogP contribution in [0.25, 0.3) is 0 Å². The van der Waals surface area contributed by atoms with Gasteiger partial charge in [-0.2, -0.15) is 0 Å². The lowest BCUT2D eigenvalue weighted by atomic mass is 10.2. The summed E-state index contributed by atoms with van der Waals surface area (Å²) in [6, 6.07) is 3.46. The molecular formula is C9H14BNO3S. The van der Waals surface area contributed by atoms with E-state index in [0.717, 1.165) is 10.8 Å². The van der Waals surface area contributed by atoms with Gasteiger partial charge in [0.05, 0.1) is 11.2 Å². The Morgan fingerprint density at radius 1 is 1.47 bits per heavy atom. The zero-order chi connectivity index (χ0) is 11.3. The fourth-order valence-corrected chi connectivity index (χ4v) is 1.69. The number of thioether (sulfide) groups is 1. The molecule has 0 amide bonds. The maximum Gasteiger partial charge on any atom is 0.707 e. The summed E-state index contributed by atoms with van der Waals surface area (Å²) in [6.45, 7) is 4.29. The molecule has 6 heteroatoms. The molecule has 0 aromatic carbocycles. The van der Waals surface area contributed by atoms with Crippen LogP contribution in [0.5, 0.6) is 5.75 Å². The third-order valence-corrected chi connectivity index (χ3v) is 2.89. The van der Waals surface area contributed by atoms with Crippen molar-refractivity contribution in [3.8, 4) is 5.75 Å². The highest BCUT2D eigenvalue weighted by Crippen LogP contribution is 2.20. The monoisotopic (exact) mass is 227 g/mol. The first-order valence-corrected chi connectivity index (χ1v) is 5.68. The molecule has 0 spiro atoms. The van der Waals surface area contributed by atoms with Gasteiger partial charge in [-0.3, -0.25) is 0 Å². The Hall–Kier alpha value is -0.715. The van der Waals surface area contributed by atoms with Gasteiger partial charge in [-0.05, 0) is 18.1 Å². The second kappa shape index (κ2) is 6.00. The van der Waals surface area contributed by atoms with Crippen LogP contribution < -0.4 is 4.65 Å². The van der Waals surface area contributed by atoms with E-state index in [4.69, 9.17) is 10.0 Å². The second-order valence-electron chi connectivity index (χ2n) is 3.48. The van der Waals surface area contributed by atoms with Crippen molar-refractivity contribution in [3.05, 3.63) is 18.3 Å². The molecule has 0 saturated carbocycles. The van der Waals surface area contributed by atoms with Gasteiger partial charge in [0, 0.05) is 5.75 Å². The zero-order valence-electron chi connectivity index (χ0n) is 8.75. The van der Waals surface area contributed by atoms with E-state index in [1.54, 1.807) is 23.9 Å². The molecule has 0 radical (unpaired) electrons. The van der Waals surface area contributed by atoms with Crippen LogP contribution in [0.4, 0.5) is 0 Å². The van der Waals surface area contributed by atoms with Crippen LogP contribution in [0, 0.1) is 5.92 Å². The molecule has 82 valence electrons. The molecule has 1 aromatic heterocycles. The van der Waals surface area contributed by atoms with Crippen molar-refractivity contribution in [1.29, 1.82) is 0 Å². The minimum Gasteiger partial charge on any atom is -0.511 e. The highest BCUT2D eigenvalue weighted by molar-refractivity contribution is 7.99. The van der Waals surface area contributed by atoms with E-state index in [-0.39, 0.29) is 0 Å². The third-order valence-electron chi connectivity index (χ3n) is 1.52. The Morgan fingerprint density at radius 3 is 2.67 bits per heavy atom.